The molecule has 0 N–H and O–H groups in total. The third-order valence-corrected chi connectivity index (χ3v) is 3.97. The van der Waals surface area contributed by atoms with E-state index in [0.717, 1.165) is 41.1 Å². The van der Waals surface area contributed by atoms with E-state index in [2.05, 4.69) is 5.10 Å². The fourth-order valence-electron chi connectivity index (χ4n) is 2.65. The number of aryl methyl sites for hydroxylation is 1. The summed E-state index contributed by atoms with van der Waals surface area (Å²) in [5.74, 6) is 0. The van der Waals surface area contributed by atoms with Gasteiger partial charge in [0.05, 0.1) is 28.1 Å². The van der Waals surface area contributed by atoms with E-state index >= 15 is 0 Å². The van der Waals surface area contributed by atoms with E-state index in [1.807, 2.05) is 0 Å². The molecule has 0 spiro atoms. The Kier molecular flexibility index (Phi) is 4.78. The van der Waals surface area contributed by atoms with Gasteiger partial charge in [-0.25, -0.2) is 0 Å². The van der Waals surface area contributed by atoms with E-state index in [9.17, 15) is 31.1 Å². The van der Waals surface area contributed by atoms with Gasteiger partial charge in [0.25, 0.3) is 5.56 Å². The minimum Gasteiger partial charge on any atom is -0.267 e. The van der Waals surface area contributed by atoms with Crippen molar-refractivity contribution in [1.82, 2.24) is 9.78 Å². The second-order valence-corrected chi connectivity index (χ2v) is 6.04. The number of alkyl halides is 6. The van der Waals surface area contributed by atoms with Crippen molar-refractivity contribution < 1.29 is 26.3 Å². The first kappa shape index (κ1) is 19.7. The van der Waals surface area contributed by atoms with Crippen molar-refractivity contribution >= 4 is 0 Å². The Labute approximate surface area is 154 Å². The number of aromatic nitrogens is 2. The minimum absolute atomic E-state index is 0.0333. The van der Waals surface area contributed by atoms with E-state index in [4.69, 9.17) is 0 Å². The summed E-state index contributed by atoms with van der Waals surface area (Å²) in [5.41, 5.74) is -2.19. The highest BCUT2D eigenvalue weighted by Crippen LogP contribution is 2.32. The molecule has 2 aromatic carbocycles. The standard InChI is InChI=1S/C19H12F6N2O/c1-11-9-16(12-3-2-4-14(10-12)19(23,24)25)17(28)27(26-11)15-7-5-13(6-8-15)18(20,21)22/h2-10H,1H3. The van der Waals surface area contributed by atoms with Gasteiger partial charge >= 0.3 is 12.4 Å². The molecule has 0 fully saturated rings. The van der Waals surface area contributed by atoms with Crippen LogP contribution in [0.4, 0.5) is 26.3 Å². The summed E-state index contributed by atoms with van der Waals surface area (Å²) in [6.07, 6.45) is -9.11. The average molecular weight is 398 g/mol. The molecule has 0 radical (unpaired) electrons. The molecule has 0 amide bonds. The van der Waals surface area contributed by atoms with Crippen LogP contribution in [0.15, 0.2) is 59.4 Å². The van der Waals surface area contributed by atoms with Gasteiger partial charge in [-0.15, -0.1) is 0 Å². The molecule has 0 atom stereocenters. The summed E-state index contributed by atoms with van der Waals surface area (Å²) in [6.45, 7) is 1.52. The molecule has 1 heterocycles. The Morgan fingerprint density at radius 2 is 1.43 bits per heavy atom. The monoisotopic (exact) mass is 398 g/mol. The van der Waals surface area contributed by atoms with Crippen LogP contribution >= 0.6 is 0 Å². The Morgan fingerprint density at radius 3 is 2.00 bits per heavy atom. The van der Waals surface area contributed by atoms with Crippen molar-refractivity contribution in [2.75, 3.05) is 0 Å². The average Bonchev–Trinajstić information content (AvgIpc) is 2.62. The summed E-state index contributed by atoms with van der Waals surface area (Å²) in [4.78, 5) is 12.8. The van der Waals surface area contributed by atoms with Crippen LogP contribution in [0.25, 0.3) is 16.8 Å². The number of benzene rings is 2. The van der Waals surface area contributed by atoms with Crippen LogP contribution in [0, 0.1) is 6.92 Å². The molecule has 3 nitrogen and oxygen atoms in total. The fourth-order valence-corrected chi connectivity index (χ4v) is 2.65. The largest absolute Gasteiger partial charge is 0.416 e. The van der Waals surface area contributed by atoms with Gasteiger partial charge in [-0.05, 0) is 55.0 Å². The maximum atomic E-state index is 13.0. The summed E-state index contributed by atoms with van der Waals surface area (Å²) >= 11 is 0. The topological polar surface area (TPSA) is 34.9 Å². The highest BCUT2D eigenvalue weighted by molar-refractivity contribution is 5.64. The summed E-state index contributed by atoms with van der Waals surface area (Å²) in [7, 11) is 0. The second kappa shape index (κ2) is 6.81. The van der Waals surface area contributed by atoms with Crippen LogP contribution < -0.4 is 5.56 Å². The van der Waals surface area contributed by atoms with Crippen LogP contribution in [0.2, 0.25) is 0 Å². The van der Waals surface area contributed by atoms with Crippen molar-refractivity contribution in [1.29, 1.82) is 0 Å². The minimum atomic E-state index is -4.58. The first-order chi connectivity index (χ1) is 13.0. The molecule has 0 aliphatic rings. The highest BCUT2D eigenvalue weighted by atomic mass is 19.4. The zero-order valence-electron chi connectivity index (χ0n) is 14.3. The number of halogens is 6. The lowest BCUT2D eigenvalue weighted by atomic mass is 10.0. The van der Waals surface area contributed by atoms with Gasteiger partial charge in [0, 0.05) is 0 Å². The van der Waals surface area contributed by atoms with Crippen molar-refractivity contribution in [3.05, 3.63) is 81.8 Å². The van der Waals surface area contributed by atoms with Crippen LogP contribution in [-0.2, 0) is 12.4 Å². The zero-order valence-corrected chi connectivity index (χ0v) is 14.3. The van der Waals surface area contributed by atoms with E-state index in [1.165, 1.54) is 25.1 Å². The molecular formula is C19H12F6N2O. The maximum absolute atomic E-state index is 13.0. The highest BCUT2D eigenvalue weighted by Gasteiger charge is 2.31. The maximum Gasteiger partial charge on any atom is 0.416 e. The van der Waals surface area contributed by atoms with E-state index < -0.39 is 29.0 Å². The van der Waals surface area contributed by atoms with E-state index in [0.29, 0.717) is 5.69 Å². The van der Waals surface area contributed by atoms with Crippen LogP contribution in [0.1, 0.15) is 16.8 Å². The Hall–Kier alpha value is -3.10. The quantitative estimate of drug-likeness (QED) is 0.553. The molecule has 0 aliphatic carbocycles. The Bertz CT molecular complexity index is 1070. The predicted octanol–water partition coefficient (Wildman–Crippen LogP) is 5.25. The summed E-state index contributed by atoms with van der Waals surface area (Å²) in [5, 5.41) is 3.99. The van der Waals surface area contributed by atoms with Gasteiger partial charge in [0.15, 0.2) is 0 Å². The number of hydrogen-bond acceptors (Lipinski definition) is 2. The molecule has 3 rings (SSSR count). The van der Waals surface area contributed by atoms with E-state index in [-0.39, 0.29) is 16.8 Å². The Morgan fingerprint density at radius 1 is 0.821 bits per heavy atom. The SMILES string of the molecule is Cc1cc(-c2cccc(C(F)(F)F)c2)c(=O)n(-c2ccc(C(F)(F)F)cc2)n1. The molecule has 0 bridgehead atoms. The molecule has 0 unspecified atom stereocenters. The van der Waals surface area contributed by atoms with Gasteiger partial charge in [-0.2, -0.15) is 36.1 Å². The van der Waals surface area contributed by atoms with Gasteiger partial charge in [0.1, 0.15) is 0 Å². The van der Waals surface area contributed by atoms with Crippen molar-refractivity contribution in [2.45, 2.75) is 19.3 Å². The molecule has 146 valence electrons. The molecule has 1 aromatic heterocycles. The predicted molar refractivity (Wildman–Crippen MR) is 90.0 cm³/mol. The summed E-state index contributed by atoms with van der Waals surface area (Å²) in [6, 6.07) is 9.33. The lowest BCUT2D eigenvalue weighted by Gasteiger charge is -2.12. The fraction of sp³-hybridized carbons (Fsp3) is 0.158. The molecule has 28 heavy (non-hydrogen) atoms. The Balaban J connectivity index is 2.13. The van der Waals surface area contributed by atoms with Crippen molar-refractivity contribution in [3.63, 3.8) is 0 Å². The number of nitrogens with zero attached hydrogens (tertiary/aromatic N) is 2. The van der Waals surface area contributed by atoms with Crippen molar-refractivity contribution in [3.8, 4) is 16.8 Å². The first-order valence-electron chi connectivity index (χ1n) is 7.93. The molecule has 0 saturated carbocycles. The molecule has 3 aromatic rings. The van der Waals surface area contributed by atoms with Crippen LogP contribution in [-0.4, -0.2) is 9.78 Å². The molecule has 0 aliphatic heterocycles. The number of rotatable bonds is 2. The van der Waals surface area contributed by atoms with Crippen LogP contribution in [0.5, 0.6) is 0 Å². The molecule has 9 heteroatoms. The van der Waals surface area contributed by atoms with Gasteiger partial charge in [-0.3, -0.25) is 4.79 Å². The van der Waals surface area contributed by atoms with Gasteiger partial charge in [0.2, 0.25) is 0 Å². The third kappa shape index (κ3) is 3.92. The lowest BCUT2D eigenvalue weighted by molar-refractivity contribution is -0.138. The number of hydrogen-bond donors (Lipinski definition) is 0. The second-order valence-electron chi connectivity index (χ2n) is 6.04. The van der Waals surface area contributed by atoms with Crippen LogP contribution in [0.3, 0.4) is 0 Å². The normalized spacial score (nSPS) is 12.2. The van der Waals surface area contributed by atoms with Gasteiger partial charge < -0.3 is 0 Å². The first-order valence-corrected chi connectivity index (χ1v) is 7.93. The lowest BCUT2D eigenvalue weighted by Crippen LogP contribution is -2.23. The smallest absolute Gasteiger partial charge is 0.267 e. The summed E-state index contributed by atoms with van der Waals surface area (Å²) < 4.78 is 77.9. The molecular weight excluding hydrogens is 386 g/mol. The van der Waals surface area contributed by atoms with Gasteiger partial charge in [-0.1, -0.05) is 12.1 Å². The third-order valence-electron chi connectivity index (χ3n) is 3.97. The van der Waals surface area contributed by atoms with E-state index in [1.54, 1.807) is 0 Å². The zero-order chi connectivity index (χ0) is 20.7. The van der Waals surface area contributed by atoms with Crippen molar-refractivity contribution in [2.24, 2.45) is 0 Å². The molecule has 0 saturated heterocycles.